The Balaban J connectivity index is 2.45. The van der Waals surface area contributed by atoms with Gasteiger partial charge in [-0.2, -0.15) is 0 Å². The van der Waals surface area contributed by atoms with Crippen LogP contribution in [0.5, 0.6) is 5.75 Å². The molecule has 6 heteroatoms. The van der Waals surface area contributed by atoms with E-state index in [0.29, 0.717) is 17.4 Å². The van der Waals surface area contributed by atoms with E-state index in [-0.39, 0.29) is 0 Å². The highest BCUT2D eigenvalue weighted by atomic mass is 16.5. The largest absolute Gasteiger partial charge is 0.497 e. The number of methoxy groups -OCH3 is 1. The van der Waals surface area contributed by atoms with E-state index in [2.05, 4.69) is 29.4 Å². The lowest BCUT2D eigenvalue weighted by atomic mass is 10.1. The first-order chi connectivity index (χ1) is 8.61. The summed E-state index contributed by atoms with van der Waals surface area (Å²) in [4.78, 5) is 0. The summed E-state index contributed by atoms with van der Waals surface area (Å²) in [5.74, 6) is 1.86. The van der Waals surface area contributed by atoms with E-state index in [1.807, 2.05) is 12.1 Å². The van der Waals surface area contributed by atoms with Gasteiger partial charge in [-0.1, -0.05) is 13.8 Å². The second-order valence-corrected chi connectivity index (χ2v) is 4.53. The normalized spacial score (nSPS) is 10.9. The molecule has 18 heavy (non-hydrogen) atoms. The fourth-order valence-corrected chi connectivity index (χ4v) is 1.72. The maximum Gasteiger partial charge on any atom is 0.184 e. The lowest BCUT2D eigenvalue weighted by molar-refractivity contribution is 0.415. The number of rotatable bonds is 4. The first kappa shape index (κ1) is 12.3. The van der Waals surface area contributed by atoms with Crippen LogP contribution >= 0.6 is 0 Å². The highest BCUT2D eigenvalue weighted by Gasteiger charge is 2.13. The van der Waals surface area contributed by atoms with E-state index in [1.54, 1.807) is 17.9 Å². The van der Waals surface area contributed by atoms with Crippen molar-refractivity contribution in [2.75, 3.05) is 12.8 Å². The SMILES string of the molecule is COc1ccc(N)c(-c2nnnn2CC(C)C)c1. The molecule has 6 nitrogen and oxygen atoms in total. The van der Waals surface area contributed by atoms with Gasteiger partial charge in [-0.05, 0) is 34.5 Å². The molecular formula is C12H17N5O. The number of nitrogens with two attached hydrogens (primary N) is 1. The summed E-state index contributed by atoms with van der Waals surface area (Å²) >= 11 is 0. The molecule has 0 atom stereocenters. The second kappa shape index (κ2) is 5.03. The third-order valence-electron chi connectivity index (χ3n) is 2.57. The molecule has 0 spiro atoms. The number of benzene rings is 1. The average molecular weight is 247 g/mol. The van der Waals surface area contributed by atoms with Crippen molar-refractivity contribution in [1.29, 1.82) is 0 Å². The van der Waals surface area contributed by atoms with E-state index in [1.165, 1.54) is 0 Å². The minimum absolute atomic E-state index is 0.457. The van der Waals surface area contributed by atoms with Gasteiger partial charge in [-0.25, -0.2) is 4.68 Å². The maximum absolute atomic E-state index is 5.97. The molecule has 0 saturated carbocycles. The first-order valence-electron chi connectivity index (χ1n) is 5.82. The van der Waals surface area contributed by atoms with Gasteiger partial charge in [0.2, 0.25) is 0 Å². The molecule has 0 unspecified atom stereocenters. The summed E-state index contributed by atoms with van der Waals surface area (Å²) in [6.45, 7) is 4.97. The van der Waals surface area contributed by atoms with Crippen molar-refractivity contribution >= 4 is 5.69 Å². The van der Waals surface area contributed by atoms with Crippen molar-refractivity contribution in [2.45, 2.75) is 20.4 Å². The third-order valence-corrected chi connectivity index (χ3v) is 2.57. The topological polar surface area (TPSA) is 78.8 Å². The van der Waals surface area contributed by atoms with Crippen molar-refractivity contribution in [3.63, 3.8) is 0 Å². The predicted molar refractivity (Wildman–Crippen MR) is 69.1 cm³/mol. The van der Waals surface area contributed by atoms with Crippen molar-refractivity contribution in [3.05, 3.63) is 18.2 Å². The zero-order valence-electron chi connectivity index (χ0n) is 10.8. The van der Waals surface area contributed by atoms with Crippen molar-refractivity contribution in [2.24, 2.45) is 5.92 Å². The molecule has 1 aromatic carbocycles. The van der Waals surface area contributed by atoms with E-state index >= 15 is 0 Å². The van der Waals surface area contributed by atoms with Gasteiger partial charge in [-0.3, -0.25) is 0 Å². The van der Waals surface area contributed by atoms with E-state index in [4.69, 9.17) is 10.5 Å². The van der Waals surface area contributed by atoms with Gasteiger partial charge in [0.15, 0.2) is 5.82 Å². The molecule has 0 aliphatic heterocycles. The Bertz CT molecular complexity index is 535. The molecule has 2 N–H and O–H groups in total. The molecule has 2 rings (SSSR count). The number of hydrogen-bond donors (Lipinski definition) is 1. The molecule has 0 bridgehead atoms. The van der Waals surface area contributed by atoms with Crippen LogP contribution in [0.4, 0.5) is 5.69 Å². The lowest BCUT2D eigenvalue weighted by Crippen LogP contribution is -2.09. The van der Waals surface area contributed by atoms with Gasteiger partial charge in [0.25, 0.3) is 0 Å². The van der Waals surface area contributed by atoms with Crippen LogP contribution in [0.2, 0.25) is 0 Å². The molecule has 0 aliphatic carbocycles. The Hall–Kier alpha value is -2.11. The summed E-state index contributed by atoms with van der Waals surface area (Å²) in [7, 11) is 1.62. The molecular weight excluding hydrogens is 230 g/mol. The molecule has 0 fully saturated rings. The third kappa shape index (κ3) is 2.42. The minimum atomic E-state index is 0.457. The van der Waals surface area contributed by atoms with Crippen LogP contribution in [-0.2, 0) is 6.54 Å². The number of anilines is 1. The van der Waals surface area contributed by atoms with Crippen molar-refractivity contribution in [1.82, 2.24) is 20.2 Å². The number of aromatic nitrogens is 4. The van der Waals surface area contributed by atoms with E-state index in [9.17, 15) is 0 Å². The maximum atomic E-state index is 5.97. The standard InChI is InChI=1S/C12H17N5O/c1-8(2)7-17-12(14-15-16-17)10-6-9(18-3)4-5-11(10)13/h4-6,8H,7,13H2,1-3H3. The van der Waals surface area contributed by atoms with Crippen LogP contribution in [0.1, 0.15) is 13.8 Å². The number of nitrogens with zero attached hydrogens (tertiary/aromatic N) is 4. The Morgan fingerprint density at radius 1 is 1.39 bits per heavy atom. The molecule has 0 aliphatic rings. The number of hydrogen-bond acceptors (Lipinski definition) is 5. The van der Waals surface area contributed by atoms with Gasteiger partial charge in [0.05, 0.1) is 7.11 Å². The molecule has 1 aromatic heterocycles. The molecule has 1 heterocycles. The first-order valence-corrected chi connectivity index (χ1v) is 5.82. The van der Waals surface area contributed by atoms with Gasteiger partial charge in [0.1, 0.15) is 5.75 Å². The monoisotopic (exact) mass is 247 g/mol. The van der Waals surface area contributed by atoms with Gasteiger partial charge < -0.3 is 10.5 Å². The summed E-state index contributed by atoms with van der Waals surface area (Å²) in [6.07, 6.45) is 0. The quantitative estimate of drug-likeness (QED) is 0.830. The molecule has 0 amide bonds. The average Bonchev–Trinajstić information content (AvgIpc) is 2.77. The Morgan fingerprint density at radius 3 is 2.83 bits per heavy atom. The number of tetrazole rings is 1. The second-order valence-electron chi connectivity index (χ2n) is 4.53. The fraction of sp³-hybridized carbons (Fsp3) is 0.417. The Labute approximate surface area is 106 Å². The summed E-state index contributed by atoms with van der Waals surface area (Å²) < 4.78 is 6.96. The Morgan fingerprint density at radius 2 is 2.17 bits per heavy atom. The van der Waals surface area contributed by atoms with Crippen LogP contribution in [0.25, 0.3) is 11.4 Å². The van der Waals surface area contributed by atoms with Gasteiger partial charge in [-0.15, -0.1) is 5.10 Å². The zero-order valence-corrected chi connectivity index (χ0v) is 10.8. The molecule has 96 valence electrons. The number of ether oxygens (including phenoxy) is 1. The van der Waals surface area contributed by atoms with Crippen molar-refractivity contribution < 1.29 is 4.74 Å². The lowest BCUT2D eigenvalue weighted by Gasteiger charge is -2.10. The highest BCUT2D eigenvalue weighted by Crippen LogP contribution is 2.28. The molecule has 0 saturated heterocycles. The zero-order chi connectivity index (χ0) is 13.1. The van der Waals surface area contributed by atoms with Crippen LogP contribution in [0.15, 0.2) is 18.2 Å². The predicted octanol–water partition coefficient (Wildman–Crippen LogP) is 1.59. The molecule has 0 radical (unpaired) electrons. The van der Waals surface area contributed by atoms with Gasteiger partial charge in [0, 0.05) is 17.8 Å². The van der Waals surface area contributed by atoms with E-state index < -0.39 is 0 Å². The van der Waals surface area contributed by atoms with Gasteiger partial charge >= 0.3 is 0 Å². The smallest absolute Gasteiger partial charge is 0.184 e. The molecule has 2 aromatic rings. The number of nitrogen functional groups attached to an aromatic ring is 1. The summed E-state index contributed by atoms with van der Waals surface area (Å²) in [5.41, 5.74) is 7.40. The van der Waals surface area contributed by atoms with Crippen LogP contribution < -0.4 is 10.5 Å². The van der Waals surface area contributed by atoms with Crippen LogP contribution in [0, 0.1) is 5.92 Å². The van der Waals surface area contributed by atoms with Crippen LogP contribution in [-0.4, -0.2) is 27.3 Å². The van der Waals surface area contributed by atoms with Crippen LogP contribution in [0.3, 0.4) is 0 Å². The summed E-state index contributed by atoms with van der Waals surface area (Å²) in [5, 5.41) is 11.7. The highest BCUT2D eigenvalue weighted by molar-refractivity contribution is 5.72. The van der Waals surface area contributed by atoms with Crippen molar-refractivity contribution in [3.8, 4) is 17.1 Å². The minimum Gasteiger partial charge on any atom is -0.497 e. The fourth-order valence-electron chi connectivity index (χ4n) is 1.72. The summed E-state index contributed by atoms with van der Waals surface area (Å²) in [6, 6.07) is 5.45. The Kier molecular flexibility index (Phi) is 3.45. The van der Waals surface area contributed by atoms with E-state index in [0.717, 1.165) is 17.9 Å².